The van der Waals surface area contributed by atoms with Crippen LogP contribution in [-0.2, 0) is 0 Å². The van der Waals surface area contributed by atoms with Gasteiger partial charge < -0.3 is 10.2 Å². The smallest absolute Gasteiger partial charge is 0.335 e. The van der Waals surface area contributed by atoms with Gasteiger partial charge in [0.1, 0.15) is 0 Å². The normalized spacial score (nSPS) is 12.6. The lowest BCUT2D eigenvalue weighted by molar-refractivity contribution is 0.0685. The van der Waals surface area contributed by atoms with Crippen LogP contribution in [-0.4, -0.2) is 22.2 Å². The van der Waals surface area contributed by atoms with Gasteiger partial charge in [-0.2, -0.15) is 0 Å². The van der Waals surface area contributed by atoms with Crippen LogP contribution < -0.4 is 0 Å². The van der Waals surface area contributed by atoms with Crippen molar-refractivity contribution in [3.63, 3.8) is 0 Å². The van der Waals surface area contributed by atoms with Gasteiger partial charge in [0.2, 0.25) is 0 Å². The fraction of sp³-hybridized carbons (Fsp3) is 0.103. The Labute approximate surface area is 192 Å². The van der Waals surface area contributed by atoms with Gasteiger partial charge in [0, 0.05) is 11.8 Å². The van der Waals surface area contributed by atoms with Crippen LogP contribution in [0.5, 0.6) is 0 Å². The molecule has 4 aromatic rings. The first-order chi connectivity index (χ1) is 16.1. The first-order valence-corrected chi connectivity index (χ1v) is 10.8. The molecule has 164 valence electrons. The second-order valence-corrected chi connectivity index (χ2v) is 7.95. The van der Waals surface area contributed by atoms with E-state index < -0.39 is 11.9 Å². The Hall–Kier alpha value is -4.18. The summed E-state index contributed by atoms with van der Waals surface area (Å²) in [6.45, 7) is 0. The second kappa shape index (κ2) is 9.96. The third-order valence-electron chi connectivity index (χ3n) is 6.01. The molecule has 0 fully saturated rings. The standard InChI is InChI=1S/C29H24O4/c30-28(31)24-17-9-7-15-22(24)26(20-11-3-1-4-12-20)19-27(21-13-5-2-6-14-21)23-16-8-10-18-25(23)29(32)33/h1-18,26-27H,19H2,(H,30,31)(H,32,33). The predicted molar refractivity (Wildman–Crippen MR) is 128 cm³/mol. The lowest BCUT2D eigenvalue weighted by Crippen LogP contribution is -2.15. The van der Waals surface area contributed by atoms with Crippen molar-refractivity contribution < 1.29 is 19.8 Å². The highest BCUT2D eigenvalue weighted by Crippen LogP contribution is 2.40. The first kappa shape index (κ1) is 22.0. The van der Waals surface area contributed by atoms with Crippen LogP contribution in [0.3, 0.4) is 0 Å². The molecule has 4 nitrogen and oxygen atoms in total. The molecule has 2 atom stereocenters. The van der Waals surface area contributed by atoms with Gasteiger partial charge in [0.25, 0.3) is 0 Å². The van der Waals surface area contributed by atoms with Crippen molar-refractivity contribution in [2.45, 2.75) is 18.3 Å². The summed E-state index contributed by atoms with van der Waals surface area (Å²) < 4.78 is 0. The van der Waals surface area contributed by atoms with Gasteiger partial charge >= 0.3 is 11.9 Å². The van der Waals surface area contributed by atoms with E-state index in [4.69, 9.17) is 0 Å². The summed E-state index contributed by atoms with van der Waals surface area (Å²) in [5, 5.41) is 19.7. The third kappa shape index (κ3) is 4.85. The number of hydrogen-bond acceptors (Lipinski definition) is 2. The van der Waals surface area contributed by atoms with Crippen molar-refractivity contribution in [1.29, 1.82) is 0 Å². The summed E-state index contributed by atoms with van der Waals surface area (Å²) in [6.07, 6.45) is 0.516. The van der Waals surface area contributed by atoms with Gasteiger partial charge in [-0.25, -0.2) is 9.59 Å². The van der Waals surface area contributed by atoms with Crippen LogP contribution in [0.25, 0.3) is 0 Å². The molecule has 0 heterocycles. The van der Waals surface area contributed by atoms with E-state index in [0.29, 0.717) is 17.5 Å². The Morgan fingerprint density at radius 1 is 0.515 bits per heavy atom. The average Bonchev–Trinajstić information content (AvgIpc) is 2.86. The molecule has 0 saturated carbocycles. The van der Waals surface area contributed by atoms with Crippen molar-refractivity contribution in [3.8, 4) is 0 Å². The summed E-state index contributed by atoms with van der Waals surface area (Å²) in [4.78, 5) is 24.1. The zero-order valence-corrected chi connectivity index (χ0v) is 18.0. The quantitative estimate of drug-likeness (QED) is 0.333. The molecule has 0 saturated heterocycles. The van der Waals surface area contributed by atoms with Gasteiger partial charge in [0.15, 0.2) is 0 Å². The van der Waals surface area contributed by atoms with Crippen molar-refractivity contribution in [3.05, 3.63) is 143 Å². The average molecular weight is 437 g/mol. The third-order valence-corrected chi connectivity index (χ3v) is 6.01. The Morgan fingerprint density at radius 2 is 0.848 bits per heavy atom. The molecule has 0 amide bonds. The lowest BCUT2D eigenvalue weighted by Gasteiger charge is -2.27. The molecule has 0 aromatic heterocycles. The number of carboxylic acid groups (broad SMARTS) is 2. The van der Waals surface area contributed by atoms with E-state index in [1.54, 1.807) is 24.3 Å². The molecule has 0 spiro atoms. The van der Waals surface area contributed by atoms with E-state index >= 15 is 0 Å². The van der Waals surface area contributed by atoms with Crippen molar-refractivity contribution in [2.24, 2.45) is 0 Å². The monoisotopic (exact) mass is 436 g/mol. The zero-order valence-electron chi connectivity index (χ0n) is 18.0. The van der Waals surface area contributed by atoms with Crippen LogP contribution in [0.1, 0.15) is 61.2 Å². The first-order valence-electron chi connectivity index (χ1n) is 10.8. The molecule has 0 aliphatic rings. The van der Waals surface area contributed by atoms with E-state index in [1.807, 2.05) is 84.9 Å². The summed E-state index contributed by atoms with van der Waals surface area (Å²) in [5.74, 6) is -2.45. The van der Waals surface area contributed by atoms with E-state index in [9.17, 15) is 19.8 Å². The minimum atomic E-state index is -0.978. The van der Waals surface area contributed by atoms with Crippen LogP contribution in [0.15, 0.2) is 109 Å². The van der Waals surface area contributed by atoms with Crippen molar-refractivity contribution >= 4 is 11.9 Å². The predicted octanol–water partition coefficient (Wildman–Crippen LogP) is 6.44. The number of hydrogen-bond donors (Lipinski definition) is 2. The summed E-state index contributed by atoms with van der Waals surface area (Å²) >= 11 is 0. The van der Waals surface area contributed by atoms with Gasteiger partial charge in [0.05, 0.1) is 11.1 Å². The zero-order chi connectivity index (χ0) is 23.2. The van der Waals surface area contributed by atoms with Gasteiger partial charge in [-0.15, -0.1) is 0 Å². The number of carboxylic acids is 2. The number of aromatic carboxylic acids is 2. The molecule has 4 heteroatoms. The van der Waals surface area contributed by atoms with E-state index in [0.717, 1.165) is 11.1 Å². The van der Waals surface area contributed by atoms with Crippen LogP contribution in [0.2, 0.25) is 0 Å². The molecule has 4 aromatic carbocycles. The second-order valence-electron chi connectivity index (χ2n) is 7.95. The van der Waals surface area contributed by atoms with Gasteiger partial charge in [-0.3, -0.25) is 0 Å². The minimum absolute atomic E-state index is 0.245. The van der Waals surface area contributed by atoms with Gasteiger partial charge in [-0.1, -0.05) is 97.1 Å². The van der Waals surface area contributed by atoms with E-state index in [-0.39, 0.29) is 23.0 Å². The lowest BCUT2D eigenvalue weighted by atomic mass is 9.76. The molecule has 0 aliphatic carbocycles. The van der Waals surface area contributed by atoms with Crippen LogP contribution in [0, 0.1) is 0 Å². The van der Waals surface area contributed by atoms with Crippen LogP contribution >= 0.6 is 0 Å². The highest BCUT2D eigenvalue weighted by atomic mass is 16.4. The Balaban J connectivity index is 1.90. The van der Waals surface area contributed by atoms with Gasteiger partial charge in [-0.05, 0) is 40.8 Å². The molecule has 4 rings (SSSR count). The van der Waals surface area contributed by atoms with Crippen molar-refractivity contribution in [2.75, 3.05) is 0 Å². The molecule has 2 N–H and O–H groups in total. The molecule has 0 bridgehead atoms. The molecule has 33 heavy (non-hydrogen) atoms. The number of carbonyl (C=O) groups is 2. The molecule has 0 radical (unpaired) electrons. The Kier molecular flexibility index (Phi) is 6.65. The molecule has 0 aliphatic heterocycles. The summed E-state index contributed by atoms with van der Waals surface area (Å²) in [6, 6.07) is 33.7. The van der Waals surface area contributed by atoms with E-state index in [2.05, 4.69) is 0 Å². The minimum Gasteiger partial charge on any atom is -0.478 e. The molecule has 2 unspecified atom stereocenters. The summed E-state index contributed by atoms with van der Waals surface area (Å²) in [7, 11) is 0. The molecular formula is C29H24O4. The van der Waals surface area contributed by atoms with Crippen molar-refractivity contribution in [1.82, 2.24) is 0 Å². The molecular weight excluding hydrogens is 412 g/mol. The Morgan fingerprint density at radius 3 is 1.21 bits per heavy atom. The maximum atomic E-state index is 12.0. The van der Waals surface area contributed by atoms with Crippen LogP contribution in [0.4, 0.5) is 0 Å². The van der Waals surface area contributed by atoms with E-state index in [1.165, 1.54) is 0 Å². The highest BCUT2D eigenvalue weighted by molar-refractivity contribution is 5.90. The Bertz CT molecular complexity index is 1150. The maximum Gasteiger partial charge on any atom is 0.335 e. The summed E-state index contributed by atoms with van der Waals surface area (Å²) in [5.41, 5.74) is 3.91. The number of benzene rings is 4. The fourth-order valence-electron chi connectivity index (χ4n) is 4.48. The largest absolute Gasteiger partial charge is 0.478 e. The topological polar surface area (TPSA) is 74.6 Å². The maximum absolute atomic E-state index is 12.0. The SMILES string of the molecule is O=C(O)c1ccccc1C(CC(c1ccccc1)c1ccccc1C(=O)O)c1ccccc1. The highest BCUT2D eigenvalue weighted by Gasteiger charge is 2.28. The fourth-order valence-corrected chi connectivity index (χ4v) is 4.48. The number of rotatable bonds is 8.